The number of nitrogens with two attached hydrogens (primary N) is 1. The first-order valence-electron chi connectivity index (χ1n) is 6.12. The van der Waals surface area contributed by atoms with E-state index in [9.17, 15) is 10.1 Å². The van der Waals surface area contributed by atoms with Crippen LogP contribution in [0.4, 0.5) is 5.69 Å². The van der Waals surface area contributed by atoms with Crippen molar-refractivity contribution in [3.05, 3.63) is 27.9 Å². The Labute approximate surface area is 105 Å². The third-order valence-electron chi connectivity index (χ3n) is 3.25. The molecule has 0 spiro atoms. The molecule has 0 radical (unpaired) electrons. The molecule has 0 amide bonds. The Morgan fingerprint density at radius 2 is 2.17 bits per heavy atom. The average molecular weight is 251 g/mol. The van der Waals surface area contributed by atoms with Crippen LogP contribution in [0.25, 0.3) is 0 Å². The van der Waals surface area contributed by atoms with Crippen molar-refractivity contribution in [2.75, 3.05) is 0 Å². The van der Waals surface area contributed by atoms with Crippen LogP contribution in [0.2, 0.25) is 0 Å². The SMILES string of the molecule is Cc1nc(OC2CCCCC2N)ccc1[N+](=O)[O-]. The molecular weight excluding hydrogens is 234 g/mol. The molecule has 1 aromatic heterocycles. The first-order chi connectivity index (χ1) is 8.58. The molecule has 2 unspecified atom stereocenters. The maximum absolute atomic E-state index is 10.7. The maximum atomic E-state index is 10.7. The molecule has 1 aliphatic carbocycles. The second-order valence-electron chi connectivity index (χ2n) is 4.62. The molecule has 18 heavy (non-hydrogen) atoms. The molecule has 1 aromatic rings. The number of aromatic nitrogens is 1. The van der Waals surface area contributed by atoms with Gasteiger partial charge in [-0.1, -0.05) is 6.42 Å². The van der Waals surface area contributed by atoms with Gasteiger partial charge in [0, 0.05) is 18.2 Å². The summed E-state index contributed by atoms with van der Waals surface area (Å²) in [6.07, 6.45) is 4.07. The largest absolute Gasteiger partial charge is 0.473 e. The van der Waals surface area contributed by atoms with Gasteiger partial charge >= 0.3 is 0 Å². The molecule has 6 heteroatoms. The summed E-state index contributed by atoms with van der Waals surface area (Å²) in [7, 11) is 0. The van der Waals surface area contributed by atoms with Gasteiger partial charge in [-0.3, -0.25) is 10.1 Å². The number of ether oxygens (including phenoxy) is 1. The summed E-state index contributed by atoms with van der Waals surface area (Å²) in [4.78, 5) is 14.3. The van der Waals surface area contributed by atoms with Gasteiger partial charge in [0.2, 0.25) is 5.88 Å². The molecule has 1 saturated carbocycles. The van der Waals surface area contributed by atoms with E-state index in [-0.39, 0.29) is 17.8 Å². The van der Waals surface area contributed by atoms with Gasteiger partial charge in [0.15, 0.2) is 0 Å². The zero-order valence-corrected chi connectivity index (χ0v) is 10.3. The molecule has 0 aromatic carbocycles. The number of rotatable bonds is 3. The van der Waals surface area contributed by atoms with Crippen molar-refractivity contribution in [2.24, 2.45) is 5.73 Å². The maximum Gasteiger partial charge on any atom is 0.290 e. The summed E-state index contributed by atoms with van der Waals surface area (Å²) < 4.78 is 5.72. The highest BCUT2D eigenvalue weighted by molar-refractivity contribution is 5.36. The van der Waals surface area contributed by atoms with Crippen LogP contribution in [-0.4, -0.2) is 22.1 Å². The quantitative estimate of drug-likeness (QED) is 0.654. The van der Waals surface area contributed by atoms with Gasteiger partial charge in [-0.25, -0.2) is 4.98 Å². The number of aryl methyl sites for hydroxylation is 1. The molecule has 6 nitrogen and oxygen atoms in total. The van der Waals surface area contributed by atoms with Crippen LogP contribution in [-0.2, 0) is 0 Å². The Hall–Kier alpha value is -1.69. The van der Waals surface area contributed by atoms with Gasteiger partial charge in [-0.05, 0) is 26.2 Å². The van der Waals surface area contributed by atoms with Gasteiger partial charge < -0.3 is 10.5 Å². The van der Waals surface area contributed by atoms with E-state index in [1.54, 1.807) is 6.92 Å². The third kappa shape index (κ3) is 2.76. The van der Waals surface area contributed by atoms with E-state index in [1.807, 2.05) is 0 Å². The standard InChI is InChI=1S/C12H17N3O3/c1-8-10(15(16)17)6-7-12(14-8)18-11-5-3-2-4-9(11)13/h6-7,9,11H,2-5,13H2,1H3. The van der Waals surface area contributed by atoms with E-state index in [1.165, 1.54) is 12.1 Å². The van der Waals surface area contributed by atoms with E-state index >= 15 is 0 Å². The molecule has 1 heterocycles. The molecule has 98 valence electrons. The van der Waals surface area contributed by atoms with Gasteiger partial charge in [-0.15, -0.1) is 0 Å². The van der Waals surface area contributed by atoms with Crippen LogP contribution >= 0.6 is 0 Å². The number of nitrogens with zero attached hydrogens (tertiary/aromatic N) is 2. The Balaban J connectivity index is 2.10. The van der Waals surface area contributed by atoms with E-state index in [0.717, 1.165) is 25.7 Å². The molecular formula is C12H17N3O3. The minimum Gasteiger partial charge on any atom is -0.473 e. The van der Waals surface area contributed by atoms with Crippen LogP contribution in [0, 0.1) is 17.0 Å². The first-order valence-corrected chi connectivity index (χ1v) is 6.12. The number of nitro groups is 1. The second-order valence-corrected chi connectivity index (χ2v) is 4.62. The first kappa shape index (κ1) is 12.8. The fourth-order valence-corrected chi connectivity index (χ4v) is 2.22. The van der Waals surface area contributed by atoms with Crippen molar-refractivity contribution >= 4 is 5.69 Å². The summed E-state index contributed by atoms with van der Waals surface area (Å²) in [6.45, 7) is 1.60. The summed E-state index contributed by atoms with van der Waals surface area (Å²) in [6, 6.07) is 2.98. The lowest BCUT2D eigenvalue weighted by Crippen LogP contribution is -2.41. The lowest BCUT2D eigenvalue weighted by atomic mass is 9.93. The van der Waals surface area contributed by atoms with Gasteiger partial charge in [0.1, 0.15) is 11.8 Å². The lowest BCUT2D eigenvalue weighted by molar-refractivity contribution is -0.385. The van der Waals surface area contributed by atoms with Crippen LogP contribution in [0.1, 0.15) is 31.4 Å². The van der Waals surface area contributed by atoms with Gasteiger partial charge in [0.05, 0.1) is 4.92 Å². The second kappa shape index (κ2) is 5.30. The van der Waals surface area contributed by atoms with Gasteiger partial charge in [0.25, 0.3) is 5.69 Å². The van der Waals surface area contributed by atoms with Crippen LogP contribution in [0.5, 0.6) is 5.88 Å². The van der Waals surface area contributed by atoms with Crippen molar-refractivity contribution < 1.29 is 9.66 Å². The smallest absolute Gasteiger partial charge is 0.290 e. The van der Waals surface area contributed by atoms with E-state index in [4.69, 9.17) is 10.5 Å². The average Bonchev–Trinajstić information content (AvgIpc) is 2.32. The van der Waals surface area contributed by atoms with E-state index in [2.05, 4.69) is 4.98 Å². The summed E-state index contributed by atoms with van der Waals surface area (Å²) in [5.74, 6) is 0.417. The number of hydrogen-bond acceptors (Lipinski definition) is 5. The molecule has 1 fully saturated rings. The van der Waals surface area contributed by atoms with E-state index < -0.39 is 4.92 Å². The molecule has 0 saturated heterocycles. The molecule has 2 atom stereocenters. The third-order valence-corrected chi connectivity index (χ3v) is 3.25. The predicted octanol–water partition coefficient (Wildman–Crippen LogP) is 1.95. The summed E-state index contributed by atoms with van der Waals surface area (Å²) >= 11 is 0. The van der Waals surface area contributed by atoms with Crippen molar-refractivity contribution in [1.82, 2.24) is 4.98 Å². The van der Waals surface area contributed by atoms with Crippen molar-refractivity contribution in [3.63, 3.8) is 0 Å². The topological polar surface area (TPSA) is 91.3 Å². The molecule has 1 aliphatic rings. The zero-order valence-electron chi connectivity index (χ0n) is 10.3. The molecule has 2 rings (SSSR count). The Bertz CT molecular complexity index is 450. The summed E-state index contributed by atoms with van der Waals surface area (Å²) in [5.41, 5.74) is 6.35. The molecule has 0 aliphatic heterocycles. The fraction of sp³-hybridized carbons (Fsp3) is 0.583. The van der Waals surface area contributed by atoms with E-state index in [0.29, 0.717) is 11.6 Å². The normalized spacial score (nSPS) is 23.7. The molecule has 2 N–H and O–H groups in total. The lowest BCUT2D eigenvalue weighted by Gasteiger charge is -2.28. The zero-order chi connectivity index (χ0) is 13.1. The summed E-state index contributed by atoms with van der Waals surface area (Å²) in [5, 5.41) is 10.7. The van der Waals surface area contributed by atoms with Crippen LogP contribution in [0.3, 0.4) is 0 Å². The highest BCUT2D eigenvalue weighted by Crippen LogP contribution is 2.24. The Morgan fingerprint density at radius 3 is 2.78 bits per heavy atom. The number of hydrogen-bond donors (Lipinski definition) is 1. The Morgan fingerprint density at radius 1 is 1.44 bits per heavy atom. The highest BCUT2D eigenvalue weighted by Gasteiger charge is 2.24. The minimum absolute atomic E-state index is 0.00953. The van der Waals surface area contributed by atoms with Crippen LogP contribution < -0.4 is 10.5 Å². The van der Waals surface area contributed by atoms with Crippen molar-refractivity contribution in [3.8, 4) is 5.88 Å². The predicted molar refractivity (Wildman–Crippen MR) is 66.5 cm³/mol. The van der Waals surface area contributed by atoms with Crippen molar-refractivity contribution in [1.29, 1.82) is 0 Å². The van der Waals surface area contributed by atoms with Crippen LogP contribution in [0.15, 0.2) is 12.1 Å². The fourth-order valence-electron chi connectivity index (χ4n) is 2.22. The monoisotopic (exact) mass is 251 g/mol. The number of pyridine rings is 1. The molecule has 0 bridgehead atoms. The van der Waals surface area contributed by atoms with Crippen molar-refractivity contribution in [2.45, 2.75) is 44.8 Å². The highest BCUT2D eigenvalue weighted by atomic mass is 16.6. The Kier molecular flexibility index (Phi) is 3.76. The minimum atomic E-state index is -0.446. The van der Waals surface area contributed by atoms with Gasteiger partial charge in [-0.2, -0.15) is 0 Å².